The molecule has 12 heteroatoms. The lowest BCUT2D eigenvalue weighted by Gasteiger charge is -2.26. The Kier molecular flexibility index (Phi) is 8.80. The van der Waals surface area contributed by atoms with Gasteiger partial charge in [-0.25, -0.2) is 13.2 Å². The molecule has 0 bridgehead atoms. The molecule has 1 heterocycles. The first-order valence-corrected chi connectivity index (χ1v) is 13.6. The summed E-state index contributed by atoms with van der Waals surface area (Å²) in [5.41, 5.74) is 0.454. The monoisotopic (exact) mass is 576 g/mol. The highest BCUT2D eigenvalue weighted by Gasteiger charge is 2.27. The molecule has 0 saturated carbocycles. The third-order valence-electron chi connectivity index (χ3n) is 5.65. The van der Waals surface area contributed by atoms with E-state index in [1.54, 1.807) is 24.3 Å². The number of morpholine rings is 1. The van der Waals surface area contributed by atoms with Crippen molar-refractivity contribution in [1.29, 1.82) is 0 Å². The first kappa shape index (κ1) is 27.7. The number of nitrogens with zero attached hydrogens (tertiary/aromatic N) is 1. The van der Waals surface area contributed by atoms with Crippen LogP contribution < -0.4 is 5.32 Å². The number of sulfonamides is 1. The lowest BCUT2D eigenvalue weighted by Crippen LogP contribution is -2.40. The maximum atomic E-state index is 12.9. The number of hydrogen-bond donors (Lipinski definition) is 1. The van der Waals surface area contributed by atoms with Gasteiger partial charge in [0.1, 0.15) is 0 Å². The highest BCUT2D eigenvalue weighted by atomic mass is 35.5. The normalized spacial score (nSPS) is 14.1. The van der Waals surface area contributed by atoms with Gasteiger partial charge in [0.15, 0.2) is 12.4 Å². The van der Waals surface area contributed by atoms with Crippen LogP contribution in [0.5, 0.6) is 0 Å². The summed E-state index contributed by atoms with van der Waals surface area (Å²) in [5.74, 6) is -2.04. The smallest absolute Gasteiger partial charge is 0.339 e. The molecule has 4 rings (SSSR count). The highest BCUT2D eigenvalue weighted by Crippen LogP contribution is 2.27. The predicted octanol–water partition coefficient (Wildman–Crippen LogP) is 4.04. The van der Waals surface area contributed by atoms with Gasteiger partial charge in [0.25, 0.3) is 5.91 Å². The third-order valence-corrected chi connectivity index (χ3v) is 8.13. The van der Waals surface area contributed by atoms with Gasteiger partial charge in [0.2, 0.25) is 10.0 Å². The van der Waals surface area contributed by atoms with Crippen molar-refractivity contribution < 1.29 is 32.3 Å². The zero-order valence-electron chi connectivity index (χ0n) is 19.9. The van der Waals surface area contributed by atoms with Gasteiger partial charge in [-0.2, -0.15) is 4.31 Å². The van der Waals surface area contributed by atoms with Crippen molar-refractivity contribution in [2.45, 2.75) is 4.90 Å². The largest absolute Gasteiger partial charge is 0.452 e. The van der Waals surface area contributed by atoms with Gasteiger partial charge in [-0.15, -0.1) is 0 Å². The van der Waals surface area contributed by atoms with Gasteiger partial charge in [-0.3, -0.25) is 9.59 Å². The number of amides is 1. The van der Waals surface area contributed by atoms with Gasteiger partial charge < -0.3 is 14.8 Å². The minimum atomic E-state index is -3.82. The van der Waals surface area contributed by atoms with Crippen molar-refractivity contribution in [2.75, 3.05) is 38.2 Å². The SMILES string of the molecule is O=C(COC(=O)c1ccccc1C(=O)c1ccc(Cl)cc1)Nc1cc(S(=O)(=O)N2CCOCC2)ccc1Cl. The molecule has 1 N–H and O–H groups in total. The van der Waals surface area contributed by atoms with Crippen LogP contribution in [0.1, 0.15) is 26.3 Å². The summed E-state index contributed by atoms with van der Waals surface area (Å²) in [4.78, 5) is 38.1. The topological polar surface area (TPSA) is 119 Å². The quantitative estimate of drug-likeness (QED) is 0.317. The van der Waals surface area contributed by atoms with E-state index >= 15 is 0 Å². The van der Waals surface area contributed by atoms with Gasteiger partial charge in [0, 0.05) is 29.2 Å². The molecule has 198 valence electrons. The summed E-state index contributed by atoms with van der Waals surface area (Å²) in [6.45, 7) is 0.306. The Balaban J connectivity index is 1.43. The Morgan fingerprint density at radius 1 is 0.921 bits per heavy atom. The van der Waals surface area contributed by atoms with Gasteiger partial charge in [0.05, 0.1) is 34.4 Å². The number of ketones is 1. The molecular formula is C26H22Cl2N2O7S. The molecule has 3 aromatic carbocycles. The van der Waals surface area contributed by atoms with E-state index in [9.17, 15) is 22.8 Å². The number of benzene rings is 3. The summed E-state index contributed by atoms with van der Waals surface area (Å²) in [6, 6.07) is 16.2. The molecule has 0 unspecified atom stereocenters. The maximum Gasteiger partial charge on any atom is 0.339 e. The fourth-order valence-electron chi connectivity index (χ4n) is 3.71. The molecule has 1 saturated heterocycles. The number of rotatable bonds is 8. The van der Waals surface area contributed by atoms with Crippen LogP contribution in [-0.4, -0.2) is 63.3 Å². The van der Waals surface area contributed by atoms with Crippen LogP contribution in [0.4, 0.5) is 5.69 Å². The minimum Gasteiger partial charge on any atom is -0.452 e. The van der Waals surface area contributed by atoms with Crippen LogP contribution in [0.25, 0.3) is 0 Å². The van der Waals surface area contributed by atoms with E-state index < -0.39 is 34.3 Å². The van der Waals surface area contributed by atoms with Crippen LogP contribution in [0.2, 0.25) is 10.0 Å². The number of hydrogen-bond acceptors (Lipinski definition) is 7. The van der Waals surface area contributed by atoms with Crippen LogP contribution in [0, 0.1) is 0 Å². The molecule has 0 spiro atoms. The molecule has 1 aliphatic heterocycles. The third kappa shape index (κ3) is 6.40. The fraction of sp³-hybridized carbons (Fsp3) is 0.192. The second kappa shape index (κ2) is 12.1. The average Bonchev–Trinajstić information content (AvgIpc) is 2.93. The molecular weight excluding hydrogens is 555 g/mol. The van der Waals surface area contributed by atoms with E-state index in [4.69, 9.17) is 32.7 Å². The molecule has 38 heavy (non-hydrogen) atoms. The van der Waals surface area contributed by atoms with Crippen molar-refractivity contribution in [3.05, 3.63) is 93.5 Å². The summed E-state index contributed by atoms with van der Waals surface area (Å²) >= 11 is 12.0. The first-order chi connectivity index (χ1) is 18.2. The Morgan fingerprint density at radius 2 is 1.58 bits per heavy atom. The molecule has 0 atom stereocenters. The van der Waals surface area contributed by atoms with Gasteiger partial charge in [-0.05, 0) is 48.5 Å². The number of nitrogens with one attached hydrogen (secondary N) is 1. The predicted molar refractivity (Wildman–Crippen MR) is 141 cm³/mol. The van der Waals surface area contributed by atoms with Crippen LogP contribution in [0.3, 0.4) is 0 Å². The van der Waals surface area contributed by atoms with Crippen LogP contribution in [0.15, 0.2) is 71.6 Å². The standard InChI is InChI=1S/C26H22Cl2N2O7S/c27-18-7-5-17(6-8-18)25(32)20-3-1-2-4-21(20)26(33)37-16-24(31)29-23-15-19(9-10-22(23)28)38(34,35)30-11-13-36-14-12-30/h1-10,15H,11-14,16H2,(H,29,31). The lowest BCUT2D eigenvalue weighted by atomic mass is 9.98. The number of esters is 1. The van der Waals surface area contributed by atoms with Gasteiger partial charge in [-0.1, -0.05) is 41.4 Å². The number of anilines is 1. The Morgan fingerprint density at radius 3 is 2.26 bits per heavy atom. The van der Waals surface area contributed by atoms with E-state index in [-0.39, 0.29) is 53.0 Å². The summed E-state index contributed by atoms with van der Waals surface area (Å²) < 4.78 is 37.5. The number of ether oxygens (including phenoxy) is 2. The second-order valence-corrected chi connectivity index (χ2v) is 10.9. The summed E-state index contributed by atoms with van der Waals surface area (Å²) in [5, 5.41) is 3.03. The molecule has 9 nitrogen and oxygen atoms in total. The zero-order valence-corrected chi connectivity index (χ0v) is 22.2. The van der Waals surface area contributed by atoms with Crippen molar-refractivity contribution in [3.63, 3.8) is 0 Å². The lowest BCUT2D eigenvalue weighted by molar-refractivity contribution is -0.119. The molecule has 1 amide bonds. The molecule has 1 fully saturated rings. The molecule has 0 aromatic heterocycles. The average molecular weight is 577 g/mol. The van der Waals surface area contributed by atoms with E-state index in [1.165, 1.54) is 46.8 Å². The van der Waals surface area contributed by atoms with Crippen molar-refractivity contribution in [3.8, 4) is 0 Å². The maximum absolute atomic E-state index is 12.9. The van der Waals surface area contributed by atoms with E-state index in [1.807, 2.05) is 0 Å². The molecule has 0 radical (unpaired) electrons. The molecule has 1 aliphatic rings. The zero-order chi connectivity index (χ0) is 27.3. The van der Waals surface area contributed by atoms with E-state index in [0.29, 0.717) is 10.6 Å². The second-order valence-electron chi connectivity index (χ2n) is 8.16. The Bertz CT molecular complexity index is 1470. The number of carbonyl (C=O) groups excluding carboxylic acids is 3. The minimum absolute atomic E-state index is 0.0168. The number of halogens is 2. The van der Waals surface area contributed by atoms with Crippen molar-refractivity contribution >= 4 is 56.6 Å². The molecule has 3 aromatic rings. The Labute approximate surface area is 229 Å². The van der Waals surface area contributed by atoms with E-state index in [2.05, 4.69) is 5.32 Å². The highest BCUT2D eigenvalue weighted by molar-refractivity contribution is 7.89. The van der Waals surface area contributed by atoms with Gasteiger partial charge >= 0.3 is 5.97 Å². The van der Waals surface area contributed by atoms with Crippen molar-refractivity contribution in [1.82, 2.24) is 4.31 Å². The Hall–Kier alpha value is -3.28. The number of carbonyl (C=O) groups is 3. The van der Waals surface area contributed by atoms with Crippen LogP contribution in [-0.2, 0) is 24.3 Å². The fourth-order valence-corrected chi connectivity index (χ4v) is 5.43. The molecule has 0 aliphatic carbocycles. The summed E-state index contributed by atoms with van der Waals surface area (Å²) in [7, 11) is -3.82. The summed E-state index contributed by atoms with van der Waals surface area (Å²) in [6.07, 6.45) is 0. The van der Waals surface area contributed by atoms with Crippen LogP contribution >= 0.6 is 23.2 Å². The first-order valence-electron chi connectivity index (χ1n) is 11.4. The van der Waals surface area contributed by atoms with E-state index in [0.717, 1.165) is 0 Å². The van der Waals surface area contributed by atoms with Crippen molar-refractivity contribution in [2.24, 2.45) is 0 Å².